The fourth-order valence-electron chi connectivity index (χ4n) is 2.10. The van der Waals surface area contributed by atoms with E-state index in [1.165, 1.54) is 11.8 Å². The SMILES string of the molecule is CN(Cc1ccc(Br)cc1)C(=O)Nc1ccccc1SCCC(N)=O. The number of carbonyl (C=O) groups excluding carboxylic acids is 2. The molecule has 0 bridgehead atoms. The molecule has 0 fully saturated rings. The van der Waals surface area contributed by atoms with Crippen LogP contribution in [0.15, 0.2) is 57.9 Å². The van der Waals surface area contributed by atoms with Crippen LogP contribution in [0.2, 0.25) is 0 Å². The highest BCUT2D eigenvalue weighted by atomic mass is 79.9. The number of nitrogens with two attached hydrogens (primary N) is 1. The van der Waals surface area contributed by atoms with Crippen LogP contribution < -0.4 is 11.1 Å². The maximum Gasteiger partial charge on any atom is 0.321 e. The van der Waals surface area contributed by atoms with Crippen LogP contribution in [0.4, 0.5) is 10.5 Å². The maximum absolute atomic E-state index is 12.4. The number of rotatable bonds is 7. The lowest BCUT2D eigenvalue weighted by atomic mass is 10.2. The van der Waals surface area contributed by atoms with Gasteiger partial charge in [0.2, 0.25) is 5.91 Å². The smallest absolute Gasteiger partial charge is 0.321 e. The van der Waals surface area contributed by atoms with Gasteiger partial charge in [-0.05, 0) is 29.8 Å². The highest BCUT2D eigenvalue weighted by molar-refractivity contribution is 9.10. The molecule has 0 atom stereocenters. The largest absolute Gasteiger partial charge is 0.370 e. The van der Waals surface area contributed by atoms with Gasteiger partial charge in [-0.2, -0.15) is 0 Å². The number of hydrogen-bond acceptors (Lipinski definition) is 3. The van der Waals surface area contributed by atoms with Gasteiger partial charge in [-0.25, -0.2) is 4.79 Å². The Balaban J connectivity index is 1.97. The van der Waals surface area contributed by atoms with Gasteiger partial charge in [0.1, 0.15) is 0 Å². The molecule has 0 aliphatic rings. The fraction of sp³-hybridized carbons (Fsp3) is 0.222. The number of halogens is 1. The van der Waals surface area contributed by atoms with Crippen LogP contribution >= 0.6 is 27.7 Å². The molecule has 0 aliphatic carbocycles. The van der Waals surface area contributed by atoms with Crippen LogP contribution in [-0.4, -0.2) is 29.6 Å². The van der Waals surface area contributed by atoms with Crippen molar-refractivity contribution in [3.8, 4) is 0 Å². The van der Waals surface area contributed by atoms with Crippen molar-refractivity contribution in [3.63, 3.8) is 0 Å². The zero-order valence-electron chi connectivity index (χ0n) is 13.9. The molecule has 3 amide bonds. The predicted octanol–water partition coefficient (Wildman–Crippen LogP) is 4.08. The van der Waals surface area contributed by atoms with Crippen LogP contribution in [0.25, 0.3) is 0 Å². The molecule has 2 aromatic rings. The monoisotopic (exact) mass is 421 g/mol. The van der Waals surface area contributed by atoms with Gasteiger partial charge in [0.05, 0.1) is 5.69 Å². The number of nitrogens with one attached hydrogen (secondary N) is 1. The summed E-state index contributed by atoms with van der Waals surface area (Å²) < 4.78 is 1.00. The Morgan fingerprint density at radius 2 is 1.84 bits per heavy atom. The lowest BCUT2D eigenvalue weighted by Crippen LogP contribution is -2.31. The molecule has 132 valence electrons. The summed E-state index contributed by atoms with van der Waals surface area (Å²) in [6.45, 7) is 0.510. The topological polar surface area (TPSA) is 75.4 Å². The molecule has 0 unspecified atom stereocenters. The van der Waals surface area contributed by atoms with E-state index in [-0.39, 0.29) is 11.9 Å². The second-order valence-electron chi connectivity index (χ2n) is 5.47. The Kier molecular flexibility index (Phi) is 7.33. The number of amides is 3. The van der Waals surface area contributed by atoms with Crippen molar-refractivity contribution in [2.75, 3.05) is 18.1 Å². The molecular formula is C18H20BrN3O2S. The molecule has 5 nitrogen and oxygen atoms in total. The first-order valence-electron chi connectivity index (χ1n) is 7.72. The molecule has 3 N–H and O–H groups in total. The van der Waals surface area contributed by atoms with E-state index >= 15 is 0 Å². The number of para-hydroxylation sites is 1. The van der Waals surface area contributed by atoms with Crippen LogP contribution in [0, 0.1) is 0 Å². The average Bonchev–Trinajstić information content (AvgIpc) is 2.58. The standard InChI is InChI=1S/C18H20BrN3O2S/c1-22(12-13-6-8-14(19)9-7-13)18(24)21-15-4-2-3-5-16(15)25-11-10-17(20)23/h2-9H,10-12H2,1H3,(H2,20,23)(H,21,24). The Hall–Kier alpha value is -1.99. The molecule has 7 heteroatoms. The summed E-state index contributed by atoms with van der Waals surface area (Å²) in [5.74, 6) is 0.250. The third kappa shape index (κ3) is 6.43. The first kappa shape index (κ1) is 19.3. The van der Waals surface area contributed by atoms with Crippen LogP contribution in [0.5, 0.6) is 0 Å². The van der Waals surface area contributed by atoms with E-state index < -0.39 is 0 Å². The Morgan fingerprint density at radius 1 is 1.16 bits per heavy atom. The van der Waals surface area contributed by atoms with Gasteiger partial charge in [0.15, 0.2) is 0 Å². The average molecular weight is 422 g/mol. The first-order valence-corrected chi connectivity index (χ1v) is 9.50. The summed E-state index contributed by atoms with van der Waals surface area (Å²) in [4.78, 5) is 25.8. The molecular weight excluding hydrogens is 402 g/mol. The summed E-state index contributed by atoms with van der Waals surface area (Å²) in [6.07, 6.45) is 0.302. The molecule has 0 heterocycles. The number of carbonyl (C=O) groups is 2. The van der Waals surface area contributed by atoms with E-state index in [1.54, 1.807) is 11.9 Å². The van der Waals surface area contributed by atoms with Crippen molar-refractivity contribution >= 4 is 45.3 Å². The lowest BCUT2D eigenvalue weighted by Gasteiger charge is -2.19. The zero-order valence-corrected chi connectivity index (χ0v) is 16.3. The van der Waals surface area contributed by atoms with Crippen LogP contribution in [0.3, 0.4) is 0 Å². The highest BCUT2D eigenvalue weighted by Gasteiger charge is 2.12. The summed E-state index contributed by atoms with van der Waals surface area (Å²) in [6, 6.07) is 15.2. The van der Waals surface area contributed by atoms with Gasteiger partial charge in [-0.3, -0.25) is 4.79 Å². The summed E-state index contributed by atoms with van der Waals surface area (Å²) in [7, 11) is 1.75. The molecule has 0 radical (unpaired) electrons. The Morgan fingerprint density at radius 3 is 2.52 bits per heavy atom. The number of hydrogen-bond donors (Lipinski definition) is 2. The van der Waals surface area contributed by atoms with Crippen molar-refractivity contribution < 1.29 is 9.59 Å². The molecule has 0 saturated carbocycles. The van der Waals surface area contributed by atoms with E-state index in [0.29, 0.717) is 18.7 Å². The van der Waals surface area contributed by atoms with Crippen LogP contribution in [0.1, 0.15) is 12.0 Å². The van der Waals surface area contributed by atoms with Crippen molar-refractivity contribution in [2.45, 2.75) is 17.9 Å². The van der Waals surface area contributed by atoms with Crippen molar-refractivity contribution in [2.24, 2.45) is 5.73 Å². The number of nitrogens with zero attached hydrogens (tertiary/aromatic N) is 1. The maximum atomic E-state index is 12.4. The second kappa shape index (κ2) is 9.48. The number of benzene rings is 2. The highest BCUT2D eigenvalue weighted by Crippen LogP contribution is 2.27. The third-order valence-corrected chi connectivity index (χ3v) is 5.02. The van der Waals surface area contributed by atoms with Gasteiger partial charge in [-0.1, -0.05) is 40.2 Å². The molecule has 0 saturated heterocycles. The van der Waals surface area contributed by atoms with Crippen molar-refractivity contribution in [1.82, 2.24) is 4.90 Å². The van der Waals surface area contributed by atoms with E-state index in [4.69, 9.17) is 5.73 Å². The second-order valence-corrected chi connectivity index (χ2v) is 7.53. The number of anilines is 1. The van der Waals surface area contributed by atoms with E-state index in [1.807, 2.05) is 48.5 Å². The minimum Gasteiger partial charge on any atom is -0.370 e. The molecule has 0 aromatic heterocycles. The van der Waals surface area contributed by atoms with Crippen molar-refractivity contribution in [1.29, 1.82) is 0 Å². The summed E-state index contributed by atoms with van der Waals surface area (Å²) in [5, 5.41) is 2.92. The number of thioether (sulfide) groups is 1. The zero-order chi connectivity index (χ0) is 18.2. The van der Waals surface area contributed by atoms with E-state index in [0.717, 1.165) is 20.6 Å². The molecule has 2 aromatic carbocycles. The van der Waals surface area contributed by atoms with Crippen LogP contribution in [-0.2, 0) is 11.3 Å². The van der Waals surface area contributed by atoms with Gasteiger partial charge in [0, 0.05) is 35.1 Å². The minimum atomic E-state index is -0.330. The number of primary amides is 1. The molecule has 0 spiro atoms. The quantitative estimate of drug-likeness (QED) is 0.661. The van der Waals surface area contributed by atoms with E-state index in [9.17, 15) is 9.59 Å². The normalized spacial score (nSPS) is 10.3. The molecule has 2 rings (SSSR count). The lowest BCUT2D eigenvalue weighted by molar-refractivity contribution is -0.117. The van der Waals surface area contributed by atoms with Crippen molar-refractivity contribution in [3.05, 3.63) is 58.6 Å². The Bertz CT molecular complexity index is 737. The van der Waals surface area contributed by atoms with Gasteiger partial charge >= 0.3 is 6.03 Å². The number of urea groups is 1. The van der Waals surface area contributed by atoms with E-state index in [2.05, 4.69) is 21.2 Å². The molecule has 0 aliphatic heterocycles. The predicted molar refractivity (Wildman–Crippen MR) is 106 cm³/mol. The minimum absolute atomic E-state index is 0.189. The fourth-order valence-corrected chi connectivity index (χ4v) is 3.34. The molecule has 25 heavy (non-hydrogen) atoms. The third-order valence-electron chi connectivity index (χ3n) is 3.41. The van der Waals surface area contributed by atoms with Gasteiger partial charge in [-0.15, -0.1) is 11.8 Å². The summed E-state index contributed by atoms with van der Waals surface area (Å²) in [5.41, 5.74) is 6.94. The summed E-state index contributed by atoms with van der Waals surface area (Å²) >= 11 is 4.89. The Labute approximate surface area is 160 Å². The van der Waals surface area contributed by atoms with Gasteiger partial charge < -0.3 is 16.0 Å². The first-order chi connectivity index (χ1) is 12.0. The van der Waals surface area contributed by atoms with Gasteiger partial charge in [0.25, 0.3) is 0 Å².